The summed E-state index contributed by atoms with van der Waals surface area (Å²) in [7, 11) is 3.24. The van der Waals surface area contributed by atoms with E-state index in [1.807, 2.05) is 36.6 Å². The predicted molar refractivity (Wildman–Crippen MR) is 115 cm³/mol. The van der Waals surface area contributed by atoms with Gasteiger partial charge in [-0.3, -0.25) is 4.79 Å². The largest absolute Gasteiger partial charge is 0.493 e. The summed E-state index contributed by atoms with van der Waals surface area (Å²) in [5.74, 6) is 2.08. The Morgan fingerprint density at radius 1 is 1.17 bits per heavy atom. The number of hydrogen-bond donors (Lipinski definition) is 1. The standard InChI is InChI=1S/C23H22N2O4S/c1-12-20-22(19-5-4-8-30-19)21-15(24-23(20)29-25-12)9-14(10-16(21)26)13-6-7-17(27-2)18(11-13)28-3/h4-8,11,14,22,24H,9-10H2,1-3H3/t14-,22+/m1/s1. The van der Waals surface area contributed by atoms with Gasteiger partial charge in [0.2, 0.25) is 5.88 Å². The number of ketones is 1. The Balaban J connectivity index is 1.56. The first-order valence-electron chi connectivity index (χ1n) is 9.85. The van der Waals surface area contributed by atoms with E-state index < -0.39 is 0 Å². The van der Waals surface area contributed by atoms with Crippen molar-refractivity contribution in [2.45, 2.75) is 31.6 Å². The van der Waals surface area contributed by atoms with E-state index in [1.165, 1.54) is 0 Å². The second-order valence-electron chi connectivity index (χ2n) is 7.62. The van der Waals surface area contributed by atoms with Gasteiger partial charge in [0.05, 0.1) is 31.4 Å². The highest BCUT2D eigenvalue weighted by Crippen LogP contribution is 2.50. The van der Waals surface area contributed by atoms with E-state index in [1.54, 1.807) is 25.6 Å². The van der Waals surface area contributed by atoms with Crippen LogP contribution in [0, 0.1) is 6.92 Å². The third kappa shape index (κ3) is 2.92. The number of hydrogen-bond acceptors (Lipinski definition) is 7. The van der Waals surface area contributed by atoms with Crippen LogP contribution in [0.25, 0.3) is 0 Å². The summed E-state index contributed by atoms with van der Waals surface area (Å²) >= 11 is 1.66. The van der Waals surface area contributed by atoms with E-state index in [0.717, 1.165) is 39.4 Å². The molecule has 2 aromatic heterocycles. The summed E-state index contributed by atoms with van der Waals surface area (Å²) in [5.41, 5.74) is 4.61. The topological polar surface area (TPSA) is 73.6 Å². The van der Waals surface area contributed by atoms with Gasteiger partial charge in [-0.15, -0.1) is 11.3 Å². The van der Waals surface area contributed by atoms with E-state index in [9.17, 15) is 4.79 Å². The van der Waals surface area contributed by atoms with E-state index in [2.05, 4.69) is 16.5 Å². The van der Waals surface area contributed by atoms with Crippen molar-refractivity contribution in [1.29, 1.82) is 0 Å². The smallest absolute Gasteiger partial charge is 0.233 e. The molecule has 1 N–H and O–H groups in total. The van der Waals surface area contributed by atoms with Crippen LogP contribution in [-0.4, -0.2) is 25.2 Å². The van der Waals surface area contributed by atoms with E-state index in [0.29, 0.717) is 23.8 Å². The quantitative estimate of drug-likeness (QED) is 0.636. The van der Waals surface area contributed by atoms with Crippen molar-refractivity contribution >= 4 is 23.0 Å². The molecule has 7 heteroatoms. The lowest BCUT2D eigenvalue weighted by Crippen LogP contribution is -2.29. The van der Waals surface area contributed by atoms with Crippen LogP contribution >= 0.6 is 11.3 Å². The van der Waals surface area contributed by atoms with Crippen molar-refractivity contribution in [3.05, 3.63) is 68.7 Å². The Kier molecular flexibility index (Phi) is 4.62. The van der Waals surface area contributed by atoms with Crippen LogP contribution in [0.15, 0.2) is 51.5 Å². The zero-order valence-electron chi connectivity index (χ0n) is 17.0. The molecule has 30 heavy (non-hydrogen) atoms. The first-order chi connectivity index (χ1) is 14.6. The minimum absolute atomic E-state index is 0.0538. The Morgan fingerprint density at radius 3 is 2.73 bits per heavy atom. The Labute approximate surface area is 178 Å². The number of nitrogens with one attached hydrogen (secondary N) is 1. The zero-order chi connectivity index (χ0) is 20.8. The maximum atomic E-state index is 13.4. The lowest BCUT2D eigenvalue weighted by atomic mass is 9.74. The molecule has 0 radical (unpaired) electrons. The molecular weight excluding hydrogens is 400 g/mol. The average Bonchev–Trinajstić information content (AvgIpc) is 3.42. The minimum Gasteiger partial charge on any atom is -0.493 e. The van der Waals surface area contributed by atoms with Crippen molar-refractivity contribution in [2.75, 3.05) is 19.5 Å². The van der Waals surface area contributed by atoms with Gasteiger partial charge < -0.3 is 19.3 Å². The number of anilines is 1. The molecule has 0 unspecified atom stereocenters. The molecule has 5 rings (SSSR count). The maximum Gasteiger partial charge on any atom is 0.233 e. The van der Waals surface area contributed by atoms with Crippen LogP contribution in [-0.2, 0) is 4.79 Å². The van der Waals surface area contributed by atoms with Crippen LogP contribution < -0.4 is 14.8 Å². The summed E-state index contributed by atoms with van der Waals surface area (Å²) < 4.78 is 16.4. The van der Waals surface area contributed by atoms with Gasteiger partial charge in [0.15, 0.2) is 17.3 Å². The second kappa shape index (κ2) is 7.32. The van der Waals surface area contributed by atoms with Gasteiger partial charge in [-0.1, -0.05) is 17.3 Å². The summed E-state index contributed by atoms with van der Waals surface area (Å²) in [6.07, 6.45) is 1.18. The van der Waals surface area contributed by atoms with Crippen LogP contribution in [0.5, 0.6) is 11.5 Å². The average molecular weight is 423 g/mol. The normalized spacial score (nSPS) is 20.4. The number of Topliss-reactive ketones (excluding diaryl/α,β-unsaturated/α-hetero) is 1. The van der Waals surface area contributed by atoms with Crippen LogP contribution in [0.4, 0.5) is 5.88 Å². The summed E-state index contributed by atoms with van der Waals surface area (Å²) in [5, 5.41) is 9.57. The molecule has 0 fully saturated rings. The van der Waals surface area contributed by atoms with E-state index in [-0.39, 0.29) is 17.6 Å². The molecule has 0 amide bonds. The number of nitrogens with zero attached hydrogens (tertiary/aromatic N) is 1. The third-order valence-corrected chi connectivity index (χ3v) is 6.90. The highest BCUT2D eigenvalue weighted by Gasteiger charge is 2.41. The summed E-state index contributed by atoms with van der Waals surface area (Å²) in [6.45, 7) is 1.93. The molecule has 6 nitrogen and oxygen atoms in total. The second-order valence-corrected chi connectivity index (χ2v) is 8.60. The van der Waals surface area contributed by atoms with Crippen molar-refractivity contribution < 1.29 is 18.8 Å². The number of aromatic nitrogens is 1. The van der Waals surface area contributed by atoms with Gasteiger partial charge in [-0.2, -0.15) is 0 Å². The van der Waals surface area contributed by atoms with Gasteiger partial charge in [0.25, 0.3) is 0 Å². The van der Waals surface area contributed by atoms with Crippen LogP contribution in [0.1, 0.15) is 46.4 Å². The van der Waals surface area contributed by atoms with E-state index in [4.69, 9.17) is 14.0 Å². The molecule has 0 spiro atoms. The number of thiophene rings is 1. The van der Waals surface area contributed by atoms with Gasteiger partial charge >= 0.3 is 0 Å². The fraction of sp³-hybridized carbons (Fsp3) is 0.304. The summed E-state index contributed by atoms with van der Waals surface area (Å²) in [6, 6.07) is 9.96. The summed E-state index contributed by atoms with van der Waals surface area (Å²) in [4.78, 5) is 14.6. The number of ether oxygens (including phenoxy) is 2. The molecule has 1 aromatic carbocycles. The molecule has 154 valence electrons. The van der Waals surface area contributed by atoms with Crippen molar-refractivity contribution in [3.8, 4) is 11.5 Å². The molecule has 0 saturated carbocycles. The monoisotopic (exact) mass is 422 g/mol. The van der Waals surface area contributed by atoms with E-state index >= 15 is 0 Å². The number of methoxy groups -OCH3 is 2. The molecule has 2 atom stereocenters. The zero-order valence-corrected chi connectivity index (χ0v) is 17.8. The third-order valence-electron chi connectivity index (χ3n) is 5.96. The number of carbonyl (C=O) groups excluding carboxylic acids is 1. The first-order valence-corrected chi connectivity index (χ1v) is 10.7. The maximum absolute atomic E-state index is 13.4. The van der Waals surface area contributed by atoms with Gasteiger partial charge in [0.1, 0.15) is 0 Å². The number of fused-ring (bicyclic) bond motifs is 1. The van der Waals surface area contributed by atoms with Crippen molar-refractivity contribution in [3.63, 3.8) is 0 Å². The van der Waals surface area contributed by atoms with Gasteiger partial charge in [-0.05, 0) is 48.4 Å². The number of rotatable bonds is 4. The highest BCUT2D eigenvalue weighted by atomic mass is 32.1. The molecule has 0 saturated heterocycles. The van der Waals surface area contributed by atoms with Gasteiger partial charge in [-0.25, -0.2) is 0 Å². The lowest BCUT2D eigenvalue weighted by Gasteiger charge is -2.34. The number of aryl methyl sites for hydroxylation is 1. The van der Waals surface area contributed by atoms with Gasteiger partial charge in [0, 0.05) is 22.6 Å². The predicted octanol–water partition coefficient (Wildman–Crippen LogP) is 5.02. The van der Waals surface area contributed by atoms with Crippen molar-refractivity contribution in [2.24, 2.45) is 0 Å². The SMILES string of the molecule is COc1ccc([C@H]2CC(=O)C3=C(C2)Nc2onc(C)c2[C@@H]3c2cccs2)cc1OC. The fourth-order valence-electron chi connectivity index (χ4n) is 4.55. The number of carbonyl (C=O) groups is 1. The lowest BCUT2D eigenvalue weighted by molar-refractivity contribution is -0.116. The molecular formula is C23H22N2O4S. The minimum atomic E-state index is -0.124. The Morgan fingerprint density at radius 2 is 2.00 bits per heavy atom. The number of benzene rings is 1. The molecule has 1 aliphatic carbocycles. The Hall–Kier alpha value is -3.06. The molecule has 3 aromatic rings. The molecule has 2 aliphatic rings. The molecule has 3 heterocycles. The number of allylic oxidation sites excluding steroid dienone is 2. The first kappa shape index (κ1) is 18.9. The Bertz CT molecular complexity index is 1150. The molecule has 1 aliphatic heterocycles. The van der Waals surface area contributed by atoms with Crippen LogP contribution in [0.2, 0.25) is 0 Å². The molecule has 0 bridgehead atoms. The van der Waals surface area contributed by atoms with Crippen molar-refractivity contribution in [1.82, 2.24) is 5.16 Å². The van der Waals surface area contributed by atoms with Crippen LogP contribution in [0.3, 0.4) is 0 Å². The fourth-order valence-corrected chi connectivity index (χ4v) is 5.40. The highest BCUT2D eigenvalue weighted by molar-refractivity contribution is 7.10.